The van der Waals surface area contributed by atoms with Crippen LogP contribution < -0.4 is 0 Å². The van der Waals surface area contributed by atoms with E-state index in [-0.39, 0.29) is 0 Å². The van der Waals surface area contributed by atoms with E-state index in [9.17, 15) is 0 Å². The standard InChI is InChI=1S/C12H16/c1-7-3-11-9-5-8(2)10(6-9)12(11)4-7/h3,5,9-12H,4,6H2,1-2H3/t9-,10-,11+,12+/m1/s1. The van der Waals surface area contributed by atoms with E-state index in [4.69, 9.17) is 0 Å². The number of allylic oxidation sites excluding steroid dienone is 4. The smallest absolute Gasteiger partial charge is 0.0130 e. The first-order chi connectivity index (χ1) is 5.75. The van der Waals surface area contributed by atoms with Gasteiger partial charge in [-0.25, -0.2) is 0 Å². The lowest BCUT2D eigenvalue weighted by Crippen LogP contribution is -2.15. The monoisotopic (exact) mass is 160 g/mol. The highest BCUT2D eigenvalue weighted by atomic mass is 14.5. The van der Waals surface area contributed by atoms with Gasteiger partial charge in [-0.15, -0.1) is 0 Å². The van der Waals surface area contributed by atoms with Crippen molar-refractivity contribution in [1.29, 1.82) is 0 Å². The normalized spacial score (nSPS) is 49.2. The Labute approximate surface area is 74.4 Å². The predicted molar refractivity (Wildman–Crippen MR) is 50.7 cm³/mol. The molecule has 0 aliphatic heterocycles. The van der Waals surface area contributed by atoms with Gasteiger partial charge in [-0.2, -0.15) is 0 Å². The Morgan fingerprint density at radius 3 is 2.92 bits per heavy atom. The molecule has 0 unspecified atom stereocenters. The Hall–Kier alpha value is -0.520. The molecule has 0 N–H and O–H groups in total. The Bertz CT molecular complexity index is 282. The van der Waals surface area contributed by atoms with Crippen LogP contribution in [0.2, 0.25) is 0 Å². The van der Waals surface area contributed by atoms with Crippen molar-refractivity contribution >= 4 is 0 Å². The van der Waals surface area contributed by atoms with E-state index < -0.39 is 0 Å². The first-order valence-electron chi connectivity index (χ1n) is 5.11. The molecule has 3 aliphatic carbocycles. The highest BCUT2D eigenvalue weighted by molar-refractivity contribution is 5.29. The summed E-state index contributed by atoms with van der Waals surface area (Å²) in [6, 6.07) is 0. The van der Waals surface area contributed by atoms with Gasteiger partial charge in [0.05, 0.1) is 0 Å². The van der Waals surface area contributed by atoms with Gasteiger partial charge in [0.25, 0.3) is 0 Å². The van der Waals surface area contributed by atoms with Crippen molar-refractivity contribution in [2.75, 3.05) is 0 Å². The predicted octanol–water partition coefficient (Wildman–Crippen LogP) is 3.16. The van der Waals surface area contributed by atoms with Crippen molar-refractivity contribution in [2.24, 2.45) is 23.7 Å². The molecule has 0 aromatic heterocycles. The Balaban J connectivity index is 1.99. The van der Waals surface area contributed by atoms with Crippen LogP contribution in [0.25, 0.3) is 0 Å². The lowest BCUT2D eigenvalue weighted by molar-refractivity contribution is 0.381. The molecule has 4 atom stereocenters. The van der Waals surface area contributed by atoms with E-state index in [0.29, 0.717) is 0 Å². The van der Waals surface area contributed by atoms with Crippen LogP contribution in [0.1, 0.15) is 26.7 Å². The molecule has 0 saturated heterocycles. The maximum Gasteiger partial charge on any atom is -0.0130 e. The van der Waals surface area contributed by atoms with Crippen molar-refractivity contribution < 1.29 is 0 Å². The summed E-state index contributed by atoms with van der Waals surface area (Å²) in [4.78, 5) is 0. The summed E-state index contributed by atoms with van der Waals surface area (Å²) in [6.07, 6.45) is 7.92. The van der Waals surface area contributed by atoms with Crippen LogP contribution in [0.3, 0.4) is 0 Å². The molecule has 3 rings (SSSR count). The molecule has 0 nitrogen and oxygen atoms in total. The maximum atomic E-state index is 2.54. The van der Waals surface area contributed by atoms with Crippen LogP contribution in [0, 0.1) is 23.7 Å². The van der Waals surface area contributed by atoms with Crippen molar-refractivity contribution in [3.8, 4) is 0 Å². The Kier molecular flexibility index (Phi) is 1.18. The summed E-state index contributed by atoms with van der Waals surface area (Å²) in [5, 5.41) is 0. The van der Waals surface area contributed by atoms with Gasteiger partial charge in [0.15, 0.2) is 0 Å². The highest BCUT2D eigenvalue weighted by Crippen LogP contribution is 2.56. The number of rotatable bonds is 0. The zero-order valence-corrected chi connectivity index (χ0v) is 7.88. The largest absolute Gasteiger partial charge is 0.0816 e. The lowest BCUT2D eigenvalue weighted by Gasteiger charge is -2.23. The fourth-order valence-corrected chi connectivity index (χ4v) is 3.67. The quantitative estimate of drug-likeness (QED) is 0.477. The van der Waals surface area contributed by atoms with Crippen LogP contribution >= 0.6 is 0 Å². The van der Waals surface area contributed by atoms with Crippen LogP contribution in [-0.2, 0) is 0 Å². The van der Waals surface area contributed by atoms with E-state index in [1.54, 1.807) is 11.1 Å². The summed E-state index contributed by atoms with van der Waals surface area (Å²) in [5.41, 5.74) is 3.33. The van der Waals surface area contributed by atoms with Crippen molar-refractivity contribution in [2.45, 2.75) is 26.7 Å². The number of fused-ring (bicyclic) bond motifs is 5. The molecule has 0 aromatic carbocycles. The van der Waals surface area contributed by atoms with Crippen molar-refractivity contribution in [1.82, 2.24) is 0 Å². The van der Waals surface area contributed by atoms with Gasteiger partial charge in [0.1, 0.15) is 0 Å². The average molecular weight is 160 g/mol. The summed E-state index contributed by atoms with van der Waals surface area (Å²) < 4.78 is 0. The van der Waals surface area contributed by atoms with Crippen LogP contribution in [0.5, 0.6) is 0 Å². The highest BCUT2D eigenvalue weighted by Gasteiger charge is 2.47. The second kappa shape index (κ2) is 2.04. The summed E-state index contributed by atoms with van der Waals surface area (Å²) in [7, 11) is 0. The second-order valence-corrected chi connectivity index (χ2v) is 4.88. The van der Waals surface area contributed by atoms with Crippen LogP contribution in [0.4, 0.5) is 0 Å². The van der Waals surface area contributed by atoms with E-state index in [1.165, 1.54) is 12.8 Å². The van der Waals surface area contributed by atoms with Crippen molar-refractivity contribution in [3.05, 3.63) is 23.3 Å². The average Bonchev–Trinajstić information content (AvgIpc) is 2.57. The lowest BCUT2D eigenvalue weighted by atomic mass is 9.82. The van der Waals surface area contributed by atoms with Crippen LogP contribution in [-0.4, -0.2) is 0 Å². The van der Waals surface area contributed by atoms with Gasteiger partial charge in [-0.3, -0.25) is 0 Å². The fourth-order valence-electron chi connectivity index (χ4n) is 3.67. The molecule has 0 heterocycles. The molecular weight excluding hydrogens is 144 g/mol. The Morgan fingerprint density at radius 1 is 1.25 bits per heavy atom. The zero-order chi connectivity index (χ0) is 8.29. The number of hydrogen-bond donors (Lipinski definition) is 0. The third-order valence-corrected chi connectivity index (χ3v) is 4.13. The molecule has 0 heteroatoms. The number of hydrogen-bond acceptors (Lipinski definition) is 0. The van der Waals surface area contributed by atoms with Gasteiger partial charge in [-0.1, -0.05) is 23.3 Å². The van der Waals surface area contributed by atoms with Crippen LogP contribution in [0.15, 0.2) is 23.3 Å². The van der Waals surface area contributed by atoms with Gasteiger partial charge in [-0.05, 0) is 50.4 Å². The van der Waals surface area contributed by atoms with Gasteiger partial charge < -0.3 is 0 Å². The molecule has 0 amide bonds. The first-order valence-corrected chi connectivity index (χ1v) is 5.11. The Morgan fingerprint density at radius 2 is 2.08 bits per heavy atom. The summed E-state index contributed by atoms with van der Waals surface area (Å²) >= 11 is 0. The molecule has 0 spiro atoms. The van der Waals surface area contributed by atoms with Gasteiger partial charge in [0, 0.05) is 0 Å². The van der Waals surface area contributed by atoms with E-state index in [2.05, 4.69) is 26.0 Å². The molecule has 0 radical (unpaired) electrons. The topological polar surface area (TPSA) is 0 Å². The molecular formula is C12H16. The van der Waals surface area contributed by atoms with Crippen molar-refractivity contribution in [3.63, 3.8) is 0 Å². The molecule has 1 saturated carbocycles. The molecule has 3 aliphatic rings. The maximum absolute atomic E-state index is 2.54. The van der Waals surface area contributed by atoms with Gasteiger partial charge >= 0.3 is 0 Å². The minimum Gasteiger partial charge on any atom is -0.0816 e. The summed E-state index contributed by atoms with van der Waals surface area (Å²) in [6.45, 7) is 4.63. The molecule has 64 valence electrons. The van der Waals surface area contributed by atoms with E-state index >= 15 is 0 Å². The minimum absolute atomic E-state index is 0.914. The molecule has 2 bridgehead atoms. The minimum atomic E-state index is 0.914. The first kappa shape index (κ1) is 6.94. The fraction of sp³-hybridized carbons (Fsp3) is 0.667. The third kappa shape index (κ3) is 0.688. The van der Waals surface area contributed by atoms with Gasteiger partial charge in [0.2, 0.25) is 0 Å². The third-order valence-electron chi connectivity index (χ3n) is 4.13. The van der Waals surface area contributed by atoms with E-state index in [0.717, 1.165) is 23.7 Å². The molecule has 0 aromatic rings. The zero-order valence-electron chi connectivity index (χ0n) is 7.88. The summed E-state index contributed by atoms with van der Waals surface area (Å²) in [5.74, 6) is 3.80. The second-order valence-electron chi connectivity index (χ2n) is 4.88. The SMILES string of the molecule is CC1=C[C@@H]2[C@@H](C1)[C@@H]1C[C@H]2C=C1C. The van der Waals surface area contributed by atoms with E-state index in [1.807, 2.05) is 0 Å². The molecule has 12 heavy (non-hydrogen) atoms. The molecule has 1 fully saturated rings.